The van der Waals surface area contributed by atoms with Gasteiger partial charge in [-0.3, -0.25) is 23.9 Å². The first-order valence-electron chi connectivity index (χ1n) is 8.83. The first-order chi connectivity index (χ1) is 13.9. The summed E-state index contributed by atoms with van der Waals surface area (Å²) in [6.45, 7) is 11.6. The molecule has 12 heteroatoms. The summed E-state index contributed by atoms with van der Waals surface area (Å²) >= 11 is 0. The topological polar surface area (TPSA) is 159 Å². The number of hydrogen-bond acceptors (Lipinski definition) is 7. The summed E-state index contributed by atoms with van der Waals surface area (Å²) in [5.41, 5.74) is -6.31. The van der Waals surface area contributed by atoms with E-state index in [0.717, 1.165) is 0 Å². The second-order valence-corrected chi connectivity index (χ2v) is 9.17. The average Bonchev–Trinajstić information content (AvgIpc) is 3.26. The number of likely N-dealkylation sites (tertiary alicyclic amines) is 1. The highest BCUT2D eigenvalue weighted by molar-refractivity contribution is 7.51. The van der Waals surface area contributed by atoms with E-state index in [2.05, 4.69) is 11.4 Å². The molecule has 4 unspecified atom stereocenters. The number of amides is 2. The van der Waals surface area contributed by atoms with Crippen molar-refractivity contribution in [1.29, 1.82) is 5.26 Å². The van der Waals surface area contributed by atoms with Crippen molar-refractivity contribution >= 4 is 25.4 Å². The number of ether oxygens (including phenoxy) is 2. The van der Waals surface area contributed by atoms with Gasteiger partial charge in [0.2, 0.25) is 5.60 Å². The molecule has 0 aromatic rings. The van der Waals surface area contributed by atoms with Gasteiger partial charge in [-0.05, 0) is 19.4 Å². The fraction of sp³-hybridized carbons (Fsp3) is 0.500. The van der Waals surface area contributed by atoms with E-state index in [4.69, 9.17) is 25.8 Å². The summed E-state index contributed by atoms with van der Waals surface area (Å²) in [5, 5.41) is 9.93. The molecule has 4 atom stereocenters. The van der Waals surface area contributed by atoms with Crippen molar-refractivity contribution < 1.29 is 38.2 Å². The Morgan fingerprint density at radius 2 is 2.17 bits per heavy atom. The number of rotatable bonds is 7. The van der Waals surface area contributed by atoms with E-state index >= 15 is 0 Å². The van der Waals surface area contributed by atoms with E-state index in [-0.39, 0.29) is 18.5 Å². The van der Waals surface area contributed by atoms with Gasteiger partial charge >= 0.3 is 25.0 Å². The summed E-state index contributed by atoms with van der Waals surface area (Å²) in [7, 11) is -4.37. The normalized spacial score (nSPS) is 33.9. The second kappa shape index (κ2) is 6.86. The number of hydrogen-bond donors (Lipinski definition) is 2. The standard InChI is InChI=1S/C18H18N3O8P/c1-11(2)13(22)28-10-16-6-5-12(29-16)17(9-19)14(23)21(7-4-8-30(25,26)27)15(24)18(16,17)20-3/h5-6,12H,1,4,7-8,10H2,2H3,(H2,25,26,27). The molecule has 158 valence electrons. The zero-order chi connectivity index (χ0) is 22.5. The third kappa shape index (κ3) is 2.60. The van der Waals surface area contributed by atoms with Crippen LogP contribution in [-0.4, -0.2) is 69.0 Å². The third-order valence-electron chi connectivity index (χ3n) is 5.57. The molecule has 0 radical (unpaired) electrons. The van der Waals surface area contributed by atoms with Crippen molar-refractivity contribution in [1.82, 2.24) is 4.90 Å². The number of carbonyl (C=O) groups is 3. The summed E-state index contributed by atoms with van der Waals surface area (Å²) in [4.78, 5) is 60.5. The van der Waals surface area contributed by atoms with Crippen LogP contribution in [0, 0.1) is 23.3 Å². The highest BCUT2D eigenvalue weighted by atomic mass is 31.2. The third-order valence-corrected chi connectivity index (χ3v) is 6.46. The van der Waals surface area contributed by atoms with Gasteiger partial charge in [0, 0.05) is 12.1 Å². The molecule has 2 bridgehead atoms. The lowest BCUT2D eigenvalue weighted by molar-refractivity contribution is -0.153. The maximum atomic E-state index is 13.3. The van der Waals surface area contributed by atoms with Crippen molar-refractivity contribution in [3.63, 3.8) is 0 Å². The maximum Gasteiger partial charge on any atom is 0.374 e. The van der Waals surface area contributed by atoms with Crippen molar-refractivity contribution in [2.45, 2.75) is 30.6 Å². The molecule has 2 amide bonds. The lowest BCUT2D eigenvalue weighted by Gasteiger charge is -2.31. The summed E-state index contributed by atoms with van der Waals surface area (Å²) in [6.07, 6.45) is 0.720. The molecule has 0 saturated carbocycles. The minimum absolute atomic E-state index is 0.0687. The predicted octanol–water partition coefficient (Wildman–Crippen LogP) is -0.0822. The van der Waals surface area contributed by atoms with Crippen molar-refractivity contribution in [2.24, 2.45) is 5.41 Å². The van der Waals surface area contributed by atoms with E-state index in [1.54, 1.807) is 6.07 Å². The van der Waals surface area contributed by atoms with Gasteiger partial charge in [-0.15, -0.1) is 0 Å². The Morgan fingerprint density at radius 1 is 1.50 bits per heavy atom. The fourth-order valence-electron chi connectivity index (χ4n) is 4.20. The van der Waals surface area contributed by atoms with E-state index in [1.165, 1.54) is 19.1 Å². The Morgan fingerprint density at radius 3 is 2.70 bits per heavy atom. The van der Waals surface area contributed by atoms with Gasteiger partial charge in [0.15, 0.2) is 0 Å². The first kappa shape index (κ1) is 21.9. The minimum atomic E-state index is -4.37. The quantitative estimate of drug-likeness (QED) is 0.139. The molecule has 3 aliphatic rings. The Bertz CT molecular complexity index is 1020. The Hall–Kier alpha value is -2.82. The number of nitrogens with zero attached hydrogens (tertiary/aromatic N) is 3. The lowest BCUT2D eigenvalue weighted by Crippen LogP contribution is -2.62. The molecule has 0 spiro atoms. The van der Waals surface area contributed by atoms with Gasteiger partial charge in [-0.25, -0.2) is 11.4 Å². The van der Waals surface area contributed by atoms with Gasteiger partial charge in [-0.1, -0.05) is 12.7 Å². The molecule has 0 aromatic heterocycles. The van der Waals surface area contributed by atoms with Crippen molar-refractivity contribution in [3.05, 3.63) is 35.7 Å². The molecule has 0 aliphatic carbocycles. The van der Waals surface area contributed by atoms with Crippen LogP contribution >= 0.6 is 7.60 Å². The van der Waals surface area contributed by atoms with Gasteiger partial charge in [0.05, 0.1) is 12.2 Å². The second-order valence-electron chi connectivity index (χ2n) is 7.39. The molecular weight excluding hydrogens is 417 g/mol. The molecule has 2 saturated heterocycles. The van der Waals surface area contributed by atoms with E-state index in [0.29, 0.717) is 4.90 Å². The van der Waals surface area contributed by atoms with Crippen molar-refractivity contribution in [3.8, 4) is 6.07 Å². The minimum Gasteiger partial charge on any atom is -0.459 e. The molecule has 3 rings (SSSR count). The molecular formula is C18H18N3O8P. The van der Waals surface area contributed by atoms with Gasteiger partial charge in [-0.2, -0.15) is 5.26 Å². The molecule has 2 fully saturated rings. The number of nitriles is 1. The molecule has 11 nitrogen and oxygen atoms in total. The fourth-order valence-corrected chi connectivity index (χ4v) is 4.75. The Balaban J connectivity index is 2.02. The summed E-state index contributed by atoms with van der Waals surface area (Å²) < 4.78 is 22.0. The highest BCUT2D eigenvalue weighted by Crippen LogP contribution is 2.63. The highest BCUT2D eigenvalue weighted by Gasteiger charge is 2.93. The van der Waals surface area contributed by atoms with Gasteiger partial charge in [0.1, 0.15) is 12.7 Å². The van der Waals surface area contributed by atoms with Crippen LogP contribution in [0.3, 0.4) is 0 Å². The first-order valence-corrected chi connectivity index (χ1v) is 10.6. The SMILES string of the molecule is [C-]#[N+]C12C(=O)N(CCCP(=O)(O)O)C(=O)C1(C#N)C1C=CC2(COC(=O)C(=C)C)O1. The van der Waals surface area contributed by atoms with Crippen molar-refractivity contribution in [2.75, 3.05) is 19.3 Å². The van der Waals surface area contributed by atoms with E-state index < -0.39 is 60.8 Å². The number of esters is 1. The molecule has 2 N–H and O–H groups in total. The van der Waals surface area contributed by atoms with Crippen LogP contribution in [-0.2, 0) is 28.4 Å². The molecule has 3 aliphatic heterocycles. The van der Waals surface area contributed by atoms with Crippen LogP contribution in [0.4, 0.5) is 0 Å². The van der Waals surface area contributed by atoms with E-state index in [1.807, 2.05) is 0 Å². The zero-order valence-electron chi connectivity index (χ0n) is 15.9. The molecule has 30 heavy (non-hydrogen) atoms. The van der Waals surface area contributed by atoms with Crippen LogP contribution in [0.5, 0.6) is 0 Å². The summed E-state index contributed by atoms with van der Waals surface area (Å²) in [5.74, 6) is -2.79. The molecule has 3 heterocycles. The van der Waals surface area contributed by atoms with Gasteiger partial charge in [0.25, 0.3) is 11.3 Å². The van der Waals surface area contributed by atoms with Gasteiger partial charge < -0.3 is 19.3 Å². The molecule has 0 aromatic carbocycles. The van der Waals surface area contributed by atoms with E-state index in [9.17, 15) is 24.2 Å². The van der Waals surface area contributed by atoms with Crippen LogP contribution in [0.1, 0.15) is 13.3 Å². The number of imide groups is 1. The summed E-state index contributed by atoms with van der Waals surface area (Å²) in [6, 6.07) is 1.80. The van der Waals surface area contributed by atoms with Crippen LogP contribution in [0.2, 0.25) is 0 Å². The number of carbonyl (C=O) groups excluding carboxylic acids is 3. The lowest BCUT2D eigenvalue weighted by atomic mass is 9.61. The predicted molar refractivity (Wildman–Crippen MR) is 98.1 cm³/mol. The largest absolute Gasteiger partial charge is 0.459 e. The monoisotopic (exact) mass is 435 g/mol. The van der Waals surface area contributed by atoms with Crippen LogP contribution in [0.15, 0.2) is 24.3 Å². The van der Waals surface area contributed by atoms with Crippen LogP contribution < -0.4 is 0 Å². The Kier molecular flexibility index (Phi) is 5.00. The number of fused-ring (bicyclic) bond motifs is 5. The Labute approximate surface area is 171 Å². The van der Waals surface area contributed by atoms with Crippen LogP contribution in [0.25, 0.3) is 4.85 Å². The zero-order valence-corrected chi connectivity index (χ0v) is 16.8. The average molecular weight is 435 g/mol. The maximum absolute atomic E-state index is 13.3. The smallest absolute Gasteiger partial charge is 0.374 e.